The third kappa shape index (κ3) is 18.1. The summed E-state index contributed by atoms with van der Waals surface area (Å²) in [4.78, 5) is 101. The van der Waals surface area contributed by atoms with Crippen molar-refractivity contribution in [2.45, 2.75) is 71.3 Å². The van der Waals surface area contributed by atoms with Crippen LogP contribution in [0.4, 0.5) is 63.3 Å². The van der Waals surface area contributed by atoms with Crippen molar-refractivity contribution in [3.8, 4) is 0 Å². The number of carboxylic acids is 1. The largest absolute Gasteiger partial charge is 0.478 e. The highest BCUT2D eigenvalue weighted by Gasteiger charge is 2.44. The van der Waals surface area contributed by atoms with Gasteiger partial charge in [-0.05, 0) is 169 Å². The fourth-order valence-corrected chi connectivity index (χ4v) is 13.3. The van der Waals surface area contributed by atoms with E-state index in [4.69, 9.17) is 49.5 Å². The van der Waals surface area contributed by atoms with E-state index in [1.54, 1.807) is 102 Å². The molecule has 6 aromatic heterocycles. The molecule has 0 radical (unpaired) electrons. The molecule has 31 heteroatoms. The molecule has 1 aliphatic carbocycles. The van der Waals surface area contributed by atoms with Crippen molar-refractivity contribution in [3.63, 3.8) is 0 Å². The average Bonchev–Trinajstić information content (AvgIpc) is 1.62. The van der Waals surface area contributed by atoms with Crippen molar-refractivity contribution in [2.24, 2.45) is 5.41 Å². The van der Waals surface area contributed by atoms with Gasteiger partial charge >= 0.3 is 11.9 Å². The Kier molecular flexibility index (Phi) is 21.3. The number of carbonyl (C=O) groups is 7. The van der Waals surface area contributed by atoms with Crippen LogP contribution in [-0.2, 0) is 28.7 Å². The lowest BCUT2D eigenvalue weighted by Gasteiger charge is -2.24. The number of imide groups is 2. The summed E-state index contributed by atoms with van der Waals surface area (Å²) in [6, 6.07) is 40.6. The first-order chi connectivity index (χ1) is 52.8. The Hall–Kier alpha value is -12.8. The van der Waals surface area contributed by atoms with Crippen molar-refractivity contribution in [1.29, 1.82) is 0 Å². The molecular weight excluding hydrogens is 1470 g/mol. The first-order valence-corrected chi connectivity index (χ1v) is 36.2. The number of aromatic carboxylic acids is 1. The van der Waals surface area contributed by atoms with E-state index in [0.29, 0.717) is 129 Å². The molecular formula is C79H72Cl3N19O9. The number of carboxylic acid groups (broad SMARTS) is 1. The quantitative estimate of drug-likeness (QED) is 0.0192. The summed E-state index contributed by atoms with van der Waals surface area (Å²) in [6.07, 6.45) is 15.5. The molecule has 110 heavy (non-hydrogen) atoms. The molecule has 5 aliphatic rings. The Morgan fingerprint density at radius 1 is 0.527 bits per heavy atom. The number of allylic oxidation sites excluding steroid dienone is 1. The van der Waals surface area contributed by atoms with Crippen LogP contribution in [0.25, 0.3) is 35.2 Å². The number of likely N-dealkylation sites (tertiary alicyclic amines) is 1. The Balaban J connectivity index is 0.000000138. The number of nitrogens with one attached hydrogen (secondary N) is 9. The minimum Gasteiger partial charge on any atom is -0.478 e. The van der Waals surface area contributed by atoms with Crippen molar-refractivity contribution in [2.75, 3.05) is 58.1 Å². The van der Waals surface area contributed by atoms with Gasteiger partial charge in [0.15, 0.2) is 16.9 Å². The monoisotopic (exact) mass is 1540 g/mol. The van der Waals surface area contributed by atoms with Crippen LogP contribution < -0.4 is 47.9 Å². The molecule has 0 bridgehead atoms. The molecule has 16 rings (SSSR count). The third-order valence-electron chi connectivity index (χ3n) is 18.1. The molecule has 5 amide bonds. The summed E-state index contributed by atoms with van der Waals surface area (Å²) in [5.41, 5.74) is 9.01. The molecule has 10 heterocycles. The number of aromatic nitrogens is 9. The van der Waals surface area contributed by atoms with Crippen molar-refractivity contribution in [1.82, 2.24) is 64.6 Å². The zero-order chi connectivity index (χ0) is 77.0. The number of ether oxygens (including phenoxy) is 1. The van der Waals surface area contributed by atoms with Crippen LogP contribution in [0, 0.1) is 5.41 Å². The number of benzene rings is 5. The molecule has 11 aromatic rings. The van der Waals surface area contributed by atoms with Crippen LogP contribution in [0.3, 0.4) is 0 Å². The topological polar surface area (TPSA) is 351 Å². The van der Waals surface area contributed by atoms with Gasteiger partial charge in [-0.2, -0.15) is 28.8 Å². The molecule has 5 aromatic carbocycles. The molecule has 0 atom stereocenters. The van der Waals surface area contributed by atoms with Crippen LogP contribution in [0.2, 0.25) is 15.1 Å². The molecule has 0 unspecified atom stereocenters. The molecule has 4 aliphatic heterocycles. The number of halogens is 3. The lowest BCUT2D eigenvalue weighted by Crippen LogP contribution is -2.32. The number of fused-ring (bicyclic) bond motifs is 3. The second kappa shape index (κ2) is 31.6. The number of rotatable bonds is 20. The summed E-state index contributed by atoms with van der Waals surface area (Å²) >= 11 is 18.5. The number of amides is 5. The highest BCUT2D eigenvalue weighted by molar-refractivity contribution is 6.31. The molecule has 558 valence electrons. The summed E-state index contributed by atoms with van der Waals surface area (Å²) in [6.45, 7) is 13.8. The number of hydrogen-bond acceptors (Lipinski definition) is 21. The Morgan fingerprint density at radius 2 is 0.918 bits per heavy atom. The minimum atomic E-state index is -1.05. The Morgan fingerprint density at radius 3 is 1.31 bits per heavy atom. The van der Waals surface area contributed by atoms with Crippen molar-refractivity contribution < 1.29 is 43.4 Å². The van der Waals surface area contributed by atoms with Gasteiger partial charge in [-0.1, -0.05) is 71.7 Å². The van der Waals surface area contributed by atoms with Crippen LogP contribution in [0.5, 0.6) is 0 Å². The van der Waals surface area contributed by atoms with Gasteiger partial charge in [-0.15, -0.1) is 0 Å². The van der Waals surface area contributed by atoms with E-state index in [9.17, 15) is 38.7 Å². The van der Waals surface area contributed by atoms with E-state index in [0.717, 1.165) is 35.8 Å². The van der Waals surface area contributed by atoms with Gasteiger partial charge in [-0.3, -0.25) is 34.6 Å². The summed E-state index contributed by atoms with van der Waals surface area (Å²) < 4.78 is 10.4. The SMILES string of the molecule is C=C1C/C(=C\c2cnn3c(NCC4(CN5CCCC5)CC4)cc(Nc4cccc(Cl)c4)nc23)C(=O)N1.CC(C)(C)OC(=O)c1cccc(Nc2cc(Nc3cccc(Cl)c3)nc3c(/C=C4\CC(=O)NC4=O)cnn23)c1.O=C1C/C(=C\c2cnn3c(Nc4cccc(C(=O)O)c4)cc(Nc4cccc(Cl)c4)nc23)C(=O)N1. The van der Waals surface area contributed by atoms with Gasteiger partial charge < -0.3 is 52.0 Å². The minimum absolute atomic E-state index is 0.0147. The summed E-state index contributed by atoms with van der Waals surface area (Å²) in [5, 5.41) is 51.8. The van der Waals surface area contributed by atoms with E-state index in [1.165, 1.54) is 61.6 Å². The smallest absolute Gasteiger partial charge is 0.338 e. The van der Waals surface area contributed by atoms with Gasteiger partial charge in [0.25, 0.3) is 17.7 Å². The van der Waals surface area contributed by atoms with E-state index in [2.05, 4.69) is 79.6 Å². The van der Waals surface area contributed by atoms with Gasteiger partial charge in [0, 0.05) is 126 Å². The predicted molar refractivity (Wildman–Crippen MR) is 422 cm³/mol. The standard InChI is InChI=1S/C28H25ClN6O4.C27H30ClN7O.C24H17ClN6O4/c1-28(2,3)39-27(38)16-6-4-8-20(11-16)32-23-14-22(31-21-9-5-7-19(29)13-21)33-25-18(15-30-35(23)25)10-17-12-24(36)34-26(17)37;1-18-11-19(26(36)31-18)12-20-15-30-35-24(29-16-27(7-8-27)17-34-9-2-3-10-34)14-23(33-25(20)35)32-22-6-4-5-21(28)13-22;25-16-4-2-6-18(10-16)27-19-11-20(28-17-5-1-3-13(8-17)24(34)35)31-22(29-19)15(12-26-31)7-14-9-21(32)30-23(14)33/h4-11,13-15,32H,12H2,1-3H3,(H,31,33)(H,34,36,37);4-6,12-15,29H,1-3,7-11,16-17H2,(H,31,36)(H,32,33);1-8,10-12,28H,9H2,(H,27,29)(H,34,35)(H,30,32,33)/b17-10+;19-12+;14-7+. The van der Waals surface area contributed by atoms with Crippen molar-refractivity contribution >= 4 is 175 Å². The lowest BCUT2D eigenvalue weighted by molar-refractivity contribution is -0.125. The maximum Gasteiger partial charge on any atom is 0.338 e. The molecule has 1 saturated carbocycles. The first-order valence-electron chi connectivity index (χ1n) is 35.1. The summed E-state index contributed by atoms with van der Waals surface area (Å²) in [5.74, 6) is 0.258. The Labute approximate surface area is 644 Å². The zero-order valence-corrected chi connectivity index (χ0v) is 61.8. The average molecular weight is 1540 g/mol. The highest BCUT2D eigenvalue weighted by Crippen LogP contribution is 2.47. The zero-order valence-electron chi connectivity index (χ0n) is 59.5. The molecule has 0 spiro atoms. The number of esters is 1. The van der Waals surface area contributed by atoms with Crippen LogP contribution >= 0.6 is 34.8 Å². The van der Waals surface area contributed by atoms with Crippen LogP contribution in [-0.4, -0.2) is 127 Å². The van der Waals surface area contributed by atoms with Crippen LogP contribution in [0.1, 0.15) is 103 Å². The predicted octanol–water partition coefficient (Wildman–Crippen LogP) is 14.1. The van der Waals surface area contributed by atoms with Gasteiger partial charge in [0.05, 0.1) is 42.6 Å². The van der Waals surface area contributed by atoms with Crippen molar-refractivity contribution in [3.05, 3.63) is 230 Å². The lowest BCUT2D eigenvalue weighted by atomic mass is 10.1. The highest BCUT2D eigenvalue weighted by atomic mass is 35.5. The maximum atomic E-state index is 12.6. The van der Waals surface area contributed by atoms with Gasteiger partial charge in [-0.25, -0.2) is 24.5 Å². The van der Waals surface area contributed by atoms with Gasteiger partial charge in [0.1, 0.15) is 40.5 Å². The molecule has 5 fully saturated rings. The third-order valence-corrected chi connectivity index (χ3v) is 18.8. The normalized spacial score (nSPS) is 16.4. The molecule has 28 nitrogen and oxygen atoms in total. The fourth-order valence-electron chi connectivity index (χ4n) is 12.7. The fraction of sp³-hybridized carbons (Fsp3) is 0.203. The van der Waals surface area contributed by atoms with E-state index in [-0.39, 0.29) is 36.1 Å². The van der Waals surface area contributed by atoms with E-state index >= 15 is 0 Å². The van der Waals surface area contributed by atoms with E-state index in [1.807, 2.05) is 86.0 Å². The number of hydrogen-bond donors (Lipinski definition) is 10. The van der Waals surface area contributed by atoms with Gasteiger partial charge in [0.2, 0.25) is 11.8 Å². The number of nitrogens with zero attached hydrogens (tertiary/aromatic N) is 10. The van der Waals surface area contributed by atoms with E-state index < -0.39 is 29.4 Å². The number of anilines is 11. The molecule has 4 saturated heterocycles. The second-order valence-electron chi connectivity index (χ2n) is 27.9. The Bertz CT molecular complexity index is 5650. The van der Waals surface area contributed by atoms with Crippen LogP contribution in [0.15, 0.2) is 187 Å². The first kappa shape index (κ1) is 74.1. The molecule has 10 N–H and O–H groups in total. The maximum absolute atomic E-state index is 12.6. The summed E-state index contributed by atoms with van der Waals surface area (Å²) in [7, 11) is 0. The number of carbonyl (C=O) groups excluding carboxylic acids is 6. The second-order valence-corrected chi connectivity index (χ2v) is 29.2.